The van der Waals surface area contributed by atoms with Crippen LogP contribution in [0.25, 0.3) is 0 Å². The second-order valence-corrected chi connectivity index (χ2v) is 9.02. The molecule has 2 aliphatic carbocycles. The Balaban J connectivity index is 1.50. The highest BCUT2D eigenvalue weighted by Gasteiger charge is 2.34. The third-order valence-corrected chi connectivity index (χ3v) is 7.08. The van der Waals surface area contributed by atoms with Crippen LogP contribution < -0.4 is 0 Å². The molecule has 1 saturated carbocycles. The van der Waals surface area contributed by atoms with E-state index in [2.05, 4.69) is 37.0 Å². The van der Waals surface area contributed by atoms with Crippen LogP contribution in [0.15, 0.2) is 30.3 Å². The molecule has 0 saturated heterocycles. The predicted octanol–water partition coefficient (Wildman–Crippen LogP) is 7.65. The molecule has 0 nitrogen and oxygen atoms in total. The summed E-state index contributed by atoms with van der Waals surface area (Å²) in [6.45, 7) is 2.28. The molecule has 152 valence electrons. The minimum absolute atomic E-state index is 0.299. The van der Waals surface area contributed by atoms with Gasteiger partial charge < -0.3 is 0 Å². The minimum atomic E-state index is -0.776. The summed E-state index contributed by atoms with van der Waals surface area (Å²) in [5.41, 5.74) is 4.10. The lowest BCUT2D eigenvalue weighted by Gasteiger charge is -2.40. The molecule has 0 radical (unpaired) electrons. The molecule has 0 spiro atoms. The van der Waals surface area contributed by atoms with Crippen LogP contribution in [-0.2, 0) is 6.42 Å². The van der Waals surface area contributed by atoms with Gasteiger partial charge in [0.15, 0.2) is 0 Å². The van der Waals surface area contributed by atoms with Crippen molar-refractivity contribution in [2.75, 3.05) is 0 Å². The molecule has 1 fully saturated rings. The standard InChI is InChI=1S/C26H27ClF2/c1-2-3-4-17-7-11-22-20(13-17)9-10-21-14-18(8-12-23(21)22)5-6-19-15-24(28)26(27)25(29)16-19/h8,12,14-17,20,22H,2-4,7,9-11,13H2,1H3. The minimum Gasteiger partial charge on any atom is -0.205 e. The van der Waals surface area contributed by atoms with Crippen molar-refractivity contribution in [3.63, 3.8) is 0 Å². The highest BCUT2D eigenvalue weighted by atomic mass is 35.5. The van der Waals surface area contributed by atoms with Gasteiger partial charge in [0.1, 0.15) is 16.7 Å². The van der Waals surface area contributed by atoms with Crippen LogP contribution in [0.3, 0.4) is 0 Å². The van der Waals surface area contributed by atoms with Gasteiger partial charge in [-0.1, -0.05) is 55.7 Å². The molecule has 3 atom stereocenters. The maximum absolute atomic E-state index is 13.6. The average Bonchev–Trinajstić information content (AvgIpc) is 2.73. The van der Waals surface area contributed by atoms with Gasteiger partial charge in [0.25, 0.3) is 0 Å². The first-order valence-corrected chi connectivity index (χ1v) is 11.2. The summed E-state index contributed by atoms with van der Waals surface area (Å²) in [6, 6.07) is 8.83. The van der Waals surface area contributed by atoms with E-state index in [0.717, 1.165) is 23.8 Å². The third kappa shape index (κ3) is 4.51. The van der Waals surface area contributed by atoms with Crippen molar-refractivity contribution in [1.29, 1.82) is 0 Å². The topological polar surface area (TPSA) is 0 Å². The highest BCUT2D eigenvalue weighted by Crippen LogP contribution is 2.47. The van der Waals surface area contributed by atoms with Crippen LogP contribution in [0.2, 0.25) is 5.02 Å². The van der Waals surface area contributed by atoms with E-state index in [1.807, 2.05) is 0 Å². The Morgan fingerprint density at radius 2 is 1.76 bits per heavy atom. The van der Waals surface area contributed by atoms with Crippen LogP contribution in [0.1, 0.15) is 80.0 Å². The van der Waals surface area contributed by atoms with E-state index >= 15 is 0 Å². The number of unbranched alkanes of at least 4 members (excludes halogenated alkanes) is 1. The van der Waals surface area contributed by atoms with Crippen LogP contribution in [-0.4, -0.2) is 0 Å². The Bertz CT molecular complexity index is 930. The lowest BCUT2D eigenvalue weighted by Crippen LogP contribution is -2.28. The van der Waals surface area contributed by atoms with Gasteiger partial charge in [0.2, 0.25) is 0 Å². The SMILES string of the molecule is CCCCC1CCC2c3ccc(C#Cc4cc(F)c(Cl)c(F)c4)cc3CCC2C1. The van der Waals surface area contributed by atoms with Crippen molar-refractivity contribution in [2.45, 2.75) is 64.2 Å². The van der Waals surface area contributed by atoms with E-state index in [4.69, 9.17) is 11.6 Å². The number of benzene rings is 2. The first-order chi connectivity index (χ1) is 14.0. The average molecular weight is 413 g/mol. The van der Waals surface area contributed by atoms with E-state index in [1.54, 1.807) is 0 Å². The van der Waals surface area contributed by atoms with Crippen LogP contribution in [0.4, 0.5) is 8.78 Å². The van der Waals surface area contributed by atoms with E-state index in [-0.39, 0.29) is 0 Å². The number of fused-ring (bicyclic) bond motifs is 3. The Morgan fingerprint density at radius 1 is 1.00 bits per heavy atom. The lowest BCUT2D eigenvalue weighted by atomic mass is 9.64. The fourth-order valence-electron chi connectivity index (χ4n) is 5.22. The van der Waals surface area contributed by atoms with E-state index in [0.29, 0.717) is 11.5 Å². The van der Waals surface area contributed by atoms with Crippen molar-refractivity contribution < 1.29 is 8.78 Å². The zero-order valence-electron chi connectivity index (χ0n) is 16.9. The summed E-state index contributed by atoms with van der Waals surface area (Å²) in [5, 5.41) is -0.483. The summed E-state index contributed by atoms with van der Waals surface area (Å²) >= 11 is 5.54. The second-order valence-electron chi connectivity index (χ2n) is 8.64. The van der Waals surface area contributed by atoms with Crippen molar-refractivity contribution in [3.05, 3.63) is 69.2 Å². The molecular weight excluding hydrogens is 386 g/mol. The molecule has 0 amide bonds. The molecule has 0 aliphatic heterocycles. The molecular formula is C26H27ClF2. The number of hydrogen-bond donors (Lipinski definition) is 0. The van der Waals surface area contributed by atoms with Crippen LogP contribution in [0.5, 0.6) is 0 Å². The van der Waals surface area contributed by atoms with Crippen LogP contribution in [0, 0.1) is 35.3 Å². The Morgan fingerprint density at radius 3 is 2.52 bits per heavy atom. The molecule has 0 heterocycles. The molecule has 0 N–H and O–H groups in total. The zero-order chi connectivity index (χ0) is 20.4. The Hall–Kier alpha value is -1.85. The lowest BCUT2D eigenvalue weighted by molar-refractivity contribution is 0.200. The van der Waals surface area contributed by atoms with Gasteiger partial charge in [0, 0.05) is 11.1 Å². The Labute approximate surface area is 177 Å². The first kappa shape index (κ1) is 20.4. The number of halogens is 3. The summed E-state index contributed by atoms with van der Waals surface area (Å²) in [4.78, 5) is 0. The molecule has 4 rings (SSSR count). The van der Waals surface area contributed by atoms with Gasteiger partial charge in [-0.15, -0.1) is 0 Å². The van der Waals surface area contributed by atoms with Gasteiger partial charge in [-0.2, -0.15) is 0 Å². The second kappa shape index (κ2) is 8.88. The van der Waals surface area contributed by atoms with E-state index in [9.17, 15) is 8.78 Å². The molecule has 3 unspecified atom stereocenters. The van der Waals surface area contributed by atoms with E-state index in [1.165, 1.54) is 68.2 Å². The van der Waals surface area contributed by atoms with E-state index < -0.39 is 16.7 Å². The fraction of sp³-hybridized carbons (Fsp3) is 0.462. The monoisotopic (exact) mass is 412 g/mol. The number of hydrogen-bond acceptors (Lipinski definition) is 0. The fourth-order valence-corrected chi connectivity index (χ4v) is 5.33. The summed E-state index contributed by atoms with van der Waals surface area (Å²) in [7, 11) is 0. The zero-order valence-corrected chi connectivity index (χ0v) is 17.7. The van der Waals surface area contributed by atoms with Gasteiger partial charge in [0.05, 0.1) is 0 Å². The summed E-state index contributed by atoms with van der Waals surface area (Å²) in [5.74, 6) is 6.82. The number of rotatable bonds is 3. The molecule has 2 aromatic carbocycles. The van der Waals surface area contributed by atoms with Crippen LogP contribution >= 0.6 is 11.6 Å². The smallest absolute Gasteiger partial charge is 0.146 e. The Kier molecular flexibility index (Phi) is 6.26. The van der Waals surface area contributed by atoms with Gasteiger partial charge in [-0.3, -0.25) is 0 Å². The van der Waals surface area contributed by atoms with Crippen molar-refractivity contribution in [3.8, 4) is 11.8 Å². The maximum atomic E-state index is 13.6. The number of aryl methyl sites for hydroxylation is 1. The molecule has 0 bridgehead atoms. The first-order valence-electron chi connectivity index (χ1n) is 10.8. The van der Waals surface area contributed by atoms with Gasteiger partial charge in [-0.05, 0) is 85.3 Å². The summed E-state index contributed by atoms with van der Waals surface area (Å²) in [6.07, 6.45) is 10.5. The predicted molar refractivity (Wildman–Crippen MR) is 115 cm³/mol. The maximum Gasteiger partial charge on any atom is 0.146 e. The van der Waals surface area contributed by atoms with Crippen molar-refractivity contribution >= 4 is 11.6 Å². The van der Waals surface area contributed by atoms with Gasteiger partial charge >= 0.3 is 0 Å². The molecule has 2 aromatic rings. The highest BCUT2D eigenvalue weighted by molar-refractivity contribution is 6.30. The third-order valence-electron chi connectivity index (χ3n) is 6.72. The molecule has 29 heavy (non-hydrogen) atoms. The quantitative estimate of drug-likeness (QED) is 0.358. The molecule has 2 aliphatic rings. The normalized spacial score (nSPS) is 23.0. The molecule has 0 aromatic heterocycles. The van der Waals surface area contributed by atoms with Crippen molar-refractivity contribution in [2.24, 2.45) is 11.8 Å². The van der Waals surface area contributed by atoms with Crippen molar-refractivity contribution in [1.82, 2.24) is 0 Å². The summed E-state index contributed by atoms with van der Waals surface area (Å²) < 4.78 is 27.2. The molecule has 3 heteroatoms. The largest absolute Gasteiger partial charge is 0.205 e. The van der Waals surface area contributed by atoms with Gasteiger partial charge in [-0.25, -0.2) is 8.78 Å².